The second-order valence-corrected chi connectivity index (χ2v) is 4.44. The molecule has 0 unspecified atom stereocenters. The number of piperidine rings is 1. The Kier molecular flexibility index (Phi) is 3.90. The molecule has 1 aliphatic rings. The first-order chi connectivity index (χ1) is 7.79. The predicted octanol–water partition coefficient (Wildman–Crippen LogP) is 0.389. The van der Waals surface area contributed by atoms with Gasteiger partial charge in [0.1, 0.15) is 0 Å². The van der Waals surface area contributed by atoms with Crippen molar-refractivity contribution >= 4 is 0 Å². The Morgan fingerprint density at radius 1 is 1.44 bits per heavy atom. The third kappa shape index (κ3) is 2.80. The summed E-state index contributed by atoms with van der Waals surface area (Å²) in [7, 11) is 1.93. The lowest BCUT2D eigenvalue weighted by Gasteiger charge is -2.31. The highest BCUT2D eigenvalue weighted by atomic mass is 15.4. The number of aromatic nitrogens is 3. The van der Waals surface area contributed by atoms with Crippen molar-refractivity contribution in [3.63, 3.8) is 0 Å². The van der Waals surface area contributed by atoms with E-state index in [1.807, 2.05) is 17.9 Å². The molecule has 16 heavy (non-hydrogen) atoms. The van der Waals surface area contributed by atoms with Crippen molar-refractivity contribution in [2.75, 3.05) is 19.6 Å². The van der Waals surface area contributed by atoms with Gasteiger partial charge in [0.05, 0.1) is 11.9 Å². The van der Waals surface area contributed by atoms with Crippen molar-refractivity contribution in [3.05, 3.63) is 11.9 Å². The normalized spacial score (nSPS) is 19.1. The summed E-state index contributed by atoms with van der Waals surface area (Å²) in [5.74, 6) is 0. The van der Waals surface area contributed by atoms with Crippen molar-refractivity contribution in [1.82, 2.24) is 25.2 Å². The van der Waals surface area contributed by atoms with Gasteiger partial charge in [-0.3, -0.25) is 4.68 Å². The van der Waals surface area contributed by atoms with Gasteiger partial charge in [-0.25, -0.2) is 0 Å². The highest BCUT2D eigenvalue weighted by Crippen LogP contribution is 2.10. The Balaban J connectivity index is 1.73. The number of rotatable bonds is 4. The average Bonchev–Trinajstić information content (AvgIpc) is 2.73. The summed E-state index contributed by atoms with van der Waals surface area (Å²) < 4.78 is 1.83. The first-order valence-electron chi connectivity index (χ1n) is 6.09. The molecule has 0 bridgehead atoms. The molecule has 2 rings (SSSR count). The molecule has 2 heterocycles. The lowest BCUT2D eigenvalue weighted by molar-refractivity contribution is 0.205. The number of likely N-dealkylation sites (tertiary alicyclic amines) is 1. The largest absolute Gasteiger partial charge is 0.308 e. The molecule has 1 fully saturated rings. The zero-order valence-electron chi connectivity index (χ0n) is 10.2. The van der Waals surface area contributed by atoms with Gasteiger partial charge in [0.25, 0.3) is 0 Å². The Morgan fingerprint density at radius 2 is 2.19 bits per heavy atom. The van der Waals surface area contributed by atoms with E-state index in [-0.39, 0.29) is 0 Å². The number of nitrogens with zero attached hydrogens (tertiary/aromatic N) is 4. The molecule has 0 spiro atoms. The first-order valence-corrected chi connectivity index (χ1v) is 6.09. The van der Waals surface area contributed by atoms with E-state index >= 15 is 0 Å². The molecule has 1 N–H and O–H groups in total. The van der Waals surface area contributed by atoms with Gasteiger partial charge in [-0.05, 0) is 32.5 Å². The molecule has 0 saturated carbocycles. The standard InChI is InChI=1S/C11H21N5/c1-3-16-6-4-10(5-7-16)12-8-11-9-13-14-15(11)2/h9-10,12H,3-8H2,1-2H3. The second kappa shape index (κ2) is 5.41. The van der Waals surface area contributed by atoms with Gasteiger partial charge in [0, 0.05) is 19.6 Å². The minimum atomic E-state index is 0.651. The summed E-state index contributed by atoms with van der Waals surface area (Å²) in [5.41, 5.74) is 1.15. The molecule has 1 aromatic rings. The van der Waals surface area contributed by atoms with Crippen molar-refractivity contribution in [1.29, 1.82) is 0 Å². The smallest absolute Gasteiger partial charge is 0.0738 e. The van der Waals surface area contributed by atoms with Crippen LogP contribution in [0.15, 0.2) is 6.20 Å². The van der Waals surface area contributed by atoms with Crippen molar-refractivity contribution in [2.24, 2.45) is 7.05 Å². The Morgan fingerprint density at radius 3 is 2.75 bits per heavy atom. The second-order valence-electron chi connectivity index (χ2n) is 4.44. The summed E-state index contributed by atoms with van der Waals surface area (Å²) in [4.78, 5) is 2.50. The SMILES string of the molecule is CCN1CCC(NCc2cnnn2C)CC1. The molecule has 5 nitrogen and oxygen atoms in total. The van der Waals surface area contributed by atoms with Crippen LogP contribution in [0.4, 0.5) is 0 Å². The van der Waals surface area contributed by atoms with Crippen LogP contribution in [-0.4, -0.2) is 45.6 Å². The van der Waals surface area contributed by atoms with Crippen molar-refractivity contribution in [2.45, 2.75) is 32.4 Å². The van der Waals surface area contributed by atoms with Gasteiger partial charge in [-0.2, -0.15) is 0 Å². The Hall–Kier alpha value is -0.940. The van der Waals surface area contributed by atoms with Gasteiger partial charge < -0.3 is 10.2 Å². The predicted molar refractivity (Wildman–Crippen MR) is 63.0 cm³/mol. The average molecular weight is 223 g/mol. The van der Waals surface area contributed by atoms with E-state index in [9.17, 15) is 0 Å². The molecule has 0 amide bonds. The molecular formula is C11H21N5. The minimum Gasteiger partial charge on any atom is -0.308 e. The van der Waals surface area contributed by atoms with Gasteiger partial charge in [-0.1, -0.05) is 12.1 Å². The van der Waals surface area contributed by atoms with Crippen LogP contribution in [0.2, 0.25) is 0 Å². The maximum Gasteiger partial charge on any atom is 0.0738 e. The lowest BCUT2D eigenvalue weighted by atomic mass is 10.1. The highest BCUT2D eigenvalue weighted by molar-refractivity contribution is 4.93. The van der Waals surface area contributed by atoms with Crippen LogP contribution in [0.25, 0.3) is 0 Å². The van der Waals surface area contributed by atoms with E-state index in [0.29, 0.717) is 6.04 Å². The van der Waals surface area contributed by atoms with Crippen LogP contribution in [-0.2, 0) is 13.6 Å². The molecule has 0 aromatic carbocycles. The number of hydrogen-bond donors (Lipinski definition) is 1. The van der Waals surface area contributed by atoms with Crippen LogP contribution in [0.3, 0.4) is 0 Å². The summed E-state index contributed by atoms with van der Waals surface area (Å²) in [5, 5.41) is 11.4. The zero-order valence-corrected chi connectivity index (χ0v) is 10.2. The first kappa shape index (κ1) is 11.5. The fraction of sp³-hybridized carbons (Fsp3) is 0.818. The molecule has 1 saturated heterocycles. The van der Waals surface area contributed by atoms with Crippen LogP contribution in [0.1, 0.15) is 25.5 Å². The minimum absolute atomic E-state index is 0.651. The fourth-order valence-corrected chi connectivity index (χ4v) is 2.17. The number of hydrogen-bond acceptors (Lipinski definition) is 4. The van der Waals surface area contributed by atoms with E-state index in [0.717, 1.165) is 12.2 Å². The Bertz CT molecular complexity index is 314. The van der Waals surface area contributed by atoms with E-state index in [1.165, 1.54) is 32.5 Å². The van der Waals surface area contributed by atoms with Gasteiger partial charge in [-0.15, -0.1) is 5.10 Å². The van der Waals surface area contributed by atoms with E-state index in [2.05, 4.69) is 27.5 Å². The lowest BCUT2D eigenvalue weighted by Crippen LogP contribution is -2.42. The molecule has 0 radical (unpaired) electrons. The third-order valence-corrected chi connectivity index (χ3v) is 3.41. The maximum atomic E-state index is 3.92. The fourth-order valence-electron chi connectivity index (χ4n) is 2.17. The van der Waals surface area contributed by atoms with E-state index < -0.39 is 0 Å². The summed E-state index contributed by atoms with van der Waals surface area (Å²) in [6.07, 6.45) is 4.33. The summed E-state index contributed by atoms with van der Waals surface area (Å²) >= 11 is 0. The molecule has 5 heteroatoms. The number of aryl methyl sites for hydroxylation is 1. The maximum absolute atomic E-state index is 3.92. The van der Waals surface area contributed by atoms with Gasteiger partial charge >= 0.3 is 0 Å². The summed E-state index contributed by atoms with van der Waals surface area (Å²) in [6.45, 7) is 6.73. The number of nitrogens with one attached hydrogen (secondary N) is 1. The van der Waals surface area contributed by atoms with Crippen molar-refractivity contribution < 1.29 is 0 Å². The van der Waals surface area contributed by atoms with Crippen LogP contribution >= 0.6 is 0 Å². The monoisotopic (exact) mass is 223 g/mol. The highest BCUT2D eigenvalue weighted by Gasteiger charge is 2.17. The van der Waals surface area contributed by atoms with Crippen molar-refractivity contribution in [3.8, 4) is 0 Å². The van der Waals surface area contributed by atoms with Crippen LogP contribution in [0.5, 0.6) is 0 Å². The quantitative estimate of drug-likeness (QED) is 0.802. The molecular weight excluding hydrogens is 202 g/mol. The zero-order chi connectivity index (χ0) is 11.4. The molecule has 1 aliphatic heterocycles. The van der Waals surface area contributed by atoms with Gasteiger partial charge in [0.2, 0.25) is 0 Å². The van der Waals surface area contributed by atoms with E-state index in [4.69, 9.17) is 0 Å². The molecule has 90 valence electrons. The molecule has 1 aromatic heterocycles. The topological polar surface area (TPSA) is 46.0 Å². The summed E-state index contributed by atoms with van der Waals surface area (Å²) in [6, 6.07) is 0.651. The van der Waals surface area contributed by atoms with Crippen LogP contribution < -0.4 is 5.32 Å². The molecule has 0 atom stereocenters. The van der Waals surface area contributed by atoms with E-state index in [1.54, 1.807) is 0 Å². The van der Waals surface area contributed by atoms with Gasteiger partial charge in [0.15, 0.2) is 0 Å². The molecule has 0 aliphatic carbocycles. The van der Waals surface area contributed by atoms with Crippen LogP contribution in [0, 0.1) is 0 Å². The Labute approximate surface area is 96.8 Å². The third-order valence-electron chi connectivity index (χ3n) is 3.41.